The Balaban J connectivity index is 2.65. The molecule has 102 valence electrons. The smallest absolute Gasteiger partial charge is 0.123 e. The Morgan fingerprint density at radius 3 is 2.67 bits per heavy atom. The molecule has 0 aliphatic rings. The van der Waals surface area contributed by atoms with Gasteiger partial charge in [0.15, 0.2) is 0 Å². The molecule has 1 rings (SSSR count). The summed E-state index contributed by atoms with van der Waals surface area (Å²) in [4.78, 5) is 0. The molecule has 0 spiro atoms. The lowest BCUT2D eigenvalue weighted by Crippen LogP contribution is -2.39. The van der Waals surface area contributed by atoms with Crippen molar-refractivity contribution in [1.82, 2.24) is 5.43 Å². The van der Waals surface area contributed by atoms with E-state index in [1.54, 1.807) is 6.07 Å². The van der Waals surface area contributed by atoms with Gasteiger partial charge in [-0.25, -0.2) is 4.39 Å². The molecule has 1 aromatic carbocycles. The topological polar surface area (TPSA) is 38.0 Å². The van der Waals surface area contributed by atoms with Crippen molar-refractivity contribution in [2.45, 2.75) is 38.0 Å². The summed E-state index contributed by atoms with van der Waals surface area (Å²) in [7, 11) is 0. The Labute approximate surface area is 117 Å². The van der Waals surface area contributed by atoms with Crippen molar-refractivity contribution < 1.29 is 4.39 Å². The van der Waals surface area contributed by atoms with E-state index in [-0.39, 0.29) is 16.6 Å². The molecule has 0 aromatic heterocycles. The first kappa shape index (κ1) is 15.8. The van der Waals surface area contributed by atoms with E-state index < -0.39 is 0 Å². The molecule has 0 radical (unpaired) electrons. The average Bonchev–Trinajstić information content (AvgIpc) is 2.27. The summed E-state index contributed by atoms with van der Waals surface area (Å²) < 4.78 is 13.3. The lowest BCUT2D eigenvalue weighted by atomic mass is 10.1. The van der Waals surface area contributed by atoms with Gasteiger partial charge in [-0.3, -0.25) is 11.3 Å². The number of halogens is 2. The summed E-state index contributed by atoms with van der Waals surface area (Å²) in [5.41, 5.74) is 3.55. The quantitative estimate of drug-likeness (QED) is 0.645. The van der Waals surface area contributed by atoms with E-state index in [0.717, 1.165) is 11.3 Å². The third-order valence-corrected chi connectivity index (χ3v) is 4.23. The highest BCUT2D eigenvalue weighted by atomic mass is 35.5. The van der Waals surface area contributed by atoms with E-state index in [4.69, 9.17) is 17.4 Å². The van der Waals surface area contributed by atoms with Crippen LogP contribution in [0, 0.1) is 5.82 Å². The predicted molar refractivity (Wildman–Crippen MR) is 78.4 cm³/mol. The summed E-state index contributed by atoms with van der Waals surface area (Å²) in [5.74, 6) is 6.12. The first-order valence-electron chi connectivity index (χ1n) is 5.86. The van der Waals surface area contributed by atoms with Crippen molar-refractivity contribution in [1.29, 1.82) is 0 Å². The van der Waals surface area contributed by atoms with Gasteiger partial charge in [0, 0.05) is 21.6 Å². The van der Waals surface area contributed by atoms with Gasteiger partial charge in [0.05, 0.1) is 0 Å². The molecule has 1 atom stereocenters. The molecule has 3 N–H and O–H groups in total. The second kappa shape index (κ2) is 6.75. The van der Waals surface area contributed by atoms with Crippen LogP contribution in [0.3, 0.4) is 0 Å². The van der Waals surface area contributed by atoms with E-state index in [9.17, 15) is 4.39 Å². The first-order valence-corrected chi connectivity index (χ1v) is 7.22. The molecule has 5 heteroatoms. The minimum Gasteiger partial charge on any atom is -0.271 e. The highest BCUT2D eigenvalue weighted by molar-refractivity contribution is 8.00. The van der Waals surface area contributed by atoms with Crippen LogP contribution in [0.1, 0.15) is 26.3 Å². The van der Waals surface area contributed by atoms with E-state index in [2.05, 4.69) is 26.2 Å². The zero-order chi connectivity index (χ0) is 13.8. The number of hydrogen-bond donors (Lipinski definition) is 2. The molecule has 0 aliphatic carbocycles. The highest BCUT2D eigenvalue weighted by Crippen LogP contribution is 2.25. The maximum absolute atomic E-state index is 13.2. The highest BCUT2D eigenvalue weighted by Gasteiger charge is 2.16. The van der Waals surface area contributed by atoms with Crippen molar-refractivity contribution in [3.05, 3.63) is 34.6 Å². The van der Waals surface area contributed by atoms with Crippen LogP contribution >= 0.6 is 23.4 Å². The second-order valence-electron chi connectivity index (χ2n) is 5.23. The number of hydrogen-bond acceptors (Lipinski definition) is 3. The van der Waals surface area contributed by atoms with Gasteiger partial charge in [-0.15, -0.1) is 0 Å². The average molecular weight is 291 g/mol. The molecule has 0 amide bonds. The number of hydrazine groups is 1. The fourth-order valence-corrected chi connectivity index (χ4v) is 2.59. The molecule has 18 heavy (non-hydrogen) atoms. The summed E-state index contributed by atoms with van der Waals surface area (Å²) >= 11 is 7.86. The van der Waals surface area contributed by atoms with Gasteiger partial charge >= 0.3 is 0 Å². The Morgan fingerprint density at radius 1 is 1.44 bits per heavy atom. The van der Waals surface area contributed by atoms with Crippen LogP contribution in [0.4, 0.5) is 4.39 Å². The fraction of sp³-hybridized carbons (Fsp3) is 0.538. The molecule has 2 nitrogen and oxygen atoms in total. The zero-order valence-electron chi connectivity index (χ0n) is 11.0. The van der Waals surface area contributed by atoms with E-state index in [1.807, 2.05) is 11.8 Å². The Kier molecular flexibility index (Phi) is 5.92. The van der Waals surface area contributed by atoms with Crippen LogP contribution in [-0.4, -0.2) is 16.5 Å². The van der Waals surface area contributed by atoms with Gasteiger partial charge in [0.1, 0.15) is 5.82 Å². The van der Waals surface area contributed by atoms with Gasteiger partial charge in [0.25, 0.3) is 0 Å². The lowest BCUT2D eigenvalue weighted by Gasteiger charge is -2.22. The van der Waals surface area contributed by atoms with E-state index in [1.165, 1.54) is 12.1 Å². The number of nitrogens with two attached hydrogens (primary N) is 1. The molecule has 0 saturated heterocycles. The molecule has 0 bridgehead atoms. The maximum atomic E-state index is 13.2. The molecule has 0 aliphatic heterocycles. The van der Waals surface area contributed by atoms with Crippen molar-refractivity contribution in [2.24, 2.45) is 5.84 Å². The Hall–Kier alpha value is -0.290. The van der Waals surface area contributed by atoms with Crippen LogP contribution in [0.25, 0.3) is 0 Å². The van der Waals surface area contributed by atoms with Crippen LogP contribution in [0.2, 0.25) is 5.02 Å². The molecular weight excluding hydrogens is 271 g/mol. The largest absolute Gasteiger partial charge is 0.271 e. The fourth-order valence-electron chi connectivity index (χ4n) is 1.48. The monoisotopic (exact) mass is 290 g/mol. The summed E-state index contributed by atoms with van der Waals surface area (Å²) in [5, 5.41) is 0.581. The van der Waals surface area contributed by atoms with Crippen molar-refractivity contribution in [2.75, 3.05) is 5.75 Å². The van der Waals surface area contributed by atoms with Gasteiger partial charge < -0.3 is 0 Å². The molecule has 1 aromatic rings. The van der Waals surface area contributed by atoms with Crippen molar-refractivity contribution in [3.8, 4) is 0 Å². The minimum absolute atomic E-state index is 0.0773. The molecule has 0 saturated carbocycles. The van der Waals surface area contributed by atoms with Crippen LogP contribution < -0.4 is 11.3 Å². The lowest BCUT2D eigenvalue weighted by molar-refractivity contribution is 0.568. The van der Waals surface area contributed by atoms with Crippen molar-refractivity contribution >= 4 is 23.4 Å². The first-order chi connectivity index (χ1) is 8.31. The molecule has 0 fully saturated rings. The number of benzene rings is 1. The van der Waals surface area contributed by atoms with Gasteiger partial charge in [-0.05, 0) is 30.2 Å². The third-order valence-electron chi connectivity index (χ3n) is 2.43. The predicted octanol–water partition coefficient (Wildman–Crippen LogP) is 3.39. The van der Waals surface area contributed by atoms with Crippen LogP contribution in [0.15, 0.2) is 18.2 Å². The standard InChI is InChI=1S/C13H20ClFN2S/c1-13(2,3)18-8-11(17-16)7-9-6-10(15)4-5-12(9)14/h4-6,11,17H,7-8,16H2,1-3H3. The molecule has 0 heterocycles. The van der Waals surface area contributed by atoms with Crippen molar-refractivity contribution in [3.63, 3.8) is 0 Å². The third kappa shape index (κ3) is 5.57. The van der Waals surface area contributed by atoms with E-state index in [0.29, 0.717) is 11.4 Å². The normalized spacial score (nSPS) is 13.7. The zero-order valence-corrected chi connectivity index (χ0v) is 12.5. The Bertz CT molecular complexity index is 393. The SMILES string of the molecule is CC(C)(C)SCC(Cc1cc(F)ccc1Cl)NN. The second-order valence-corrected chi connectivity index (χ2v) is 7.48. The molecular formula is C13H20ClFN2S. The number of rotatable bonds is 5. The van der Waals surface area contributed by atoms with Gasteiger partial charge in [-0.2, -0.15) is 11.8 Å². The number of nitrogens with one attached hydrogen (secondary N) is 1. The number of thioether (sulfide) groups is 1. The summed E-state index contributed by atoms with van der Waals surface area (Å²) in [6.45, 7) is 6.46. The maximum Gasteiger partial charge on any atom is 0.123 e. The van der Waals surface area contributed by atoms with Gasteiger partial charge in [0.2, 0.25) is 0 Å². The summed E-state index contributed by atoms with van der Waals surface area (Å²) in [6, 6.07) is 4.49. The van der Waals surface area contributed by atoms with Crippen LogP contribution in [-0.2, 0) is 6.42 Å². The minimum atomic E-state index is -0.270. The Morgan fingerprint density at radius 2 is 2.11 bits per heavy atom. The van der Waals surface area contributed by atoms with Gasteiger partial charge in [-0.1, -0.05) is 32.4 Å². The summed E-state index contributed by atoms with van der Waals surface area (Å²) in [6.07, 6.45) is 0.621. The van der Waals surface area contributed by atoms with E-state index >= 15 is 0 Å². The van der Waals surface area contributed by atoms with Crippen LogP contribution in [0.5, 0.6) is 0 Å². The molecule has 1 unspecified atom stereocenters.